The first-order valence-corrected chi connectivity index (χ1v) is 9.58. The van der Waals surface area contributed by atoms with Gasteiger partial charge in [-0.15, -0.1) is 0 Å². The molecule has 1 aromatic heterocycles. The van der Waals surface area contributed by atoms with Crippen LogP contribution in [0.5, 0.6) is 0 Å². The zero-order chi connectivity index (χ0) is 18.1. The molecule has 1 N–H and O–H groups in total. The minimum absolute atomic E-state index is 0.143. The number of carbonyl (C=O) groups excluding carboxylic acids is 1. The third kappa shape index (κ3) is 3.98. The second-order valence-electron chi connectivity index (χ2n) is 5.00. The van der Waals surface area contributed by atoms with E-state index in [1.807, 2.05) is 0 Å². The van der Waals surface area contributed by atoms with Crippen LogP contribution >= 0.6 is 50.3 Å². The fourth-order valence-electron chi connectivity index (χ4n) is 2.03. The van der Waals surface area contributed by atoms with Gasteiger partial charge < -0.3 is 9.52 Å². The average molecular weight is 533 g/mol. The van der Waals surface area contributed by atoms with E-state index in [0.717, 1.165) is 4.47 Å². The van der Waals surface area contributed by atoms with Gasteiger partial charge in [0.15, 0.2) is 8.93 Å². The fourth-order valence-corrected chi connectivity index (χ4v) is 3.72. The van der Waals surface area contributed by atoms with Crippen LogP contribution in [0.4, 0.5) is 5.69 Å². The largest absolute Gasteiger partial charge is 0.478 e. The number of aromatic carboxylic acids is 1. The van der Waals surface area contributed by atoms with E-state index >= 15 is 0 Å². The molecule has 128 valence electrons. The molecule has 0 bridgehead atoms. The fraction of sp³-hybridized carbons (Fsp3) is 0.0625. The molecule has 0 atom stereocenters. The molecular formula is C16H10BrIN2O4S. The highest BCUT2D eigenvalue weighted by molar-refractivity contribution is 14.1. The van der Waals surface area contributed by atoms with Crippen LogP contribution in [0.15, 0.2) is 49.1 Å². The van der Waals surface area contributed by atoms with Gasteiger partial charge in [0.1, 0.15) is 5.76 Å². The number of hydrogen-bond donors (Lipinski definition) is 1. The number of likely N-dealkylation sites (N-methyl/N-ethyl adjacent to an activating group) is 1. The van der Waals surface area contributed by atoms with Gasteiger partial charge in [-0.3, -0.25) is 9.69 Å². The first kappa shape index (κ1) is 18.2. The SMILES string of the molecule is CN1C(=O)/C(=C/c2cc(Br)c(I)o2)SC1=Nc1cccc(C(=O)O)c1. The van der Waals surface area contributed by atoms with Crippen molar-refractivity contribution in [3.8, 4) is 0 Å². The molecule has 1 saturated heterocycles. The molecule has 6 nitrogen and oxygen atoms in total. The normalized spacial score (nSPS) is 17.7. The third-order valence-electron chi connectivity index (χ3n) is 3.26. The van der Waals surface area contributed by atoms with E-state index in [4.69, 9.17) is 9.52 Å². The zero-order valence-electron chi connectivity index (χ0n) is 12.7. The lowest BCUT2D eigenvalue weighted by molar-refractivity contribution is -0.121. The summed E-state index contributed by atoms with van der Waals surface area (Å²) in [7, 11) is 1.62. The lowest BCUT2D eigenvalue weighted by Gasteiger charge is -2.07. The van der Waals surface area contributed by atoms with Crippen molar-refractivity contribution >= 4 is 79.1 Å². The van der Waals surface area contributed by atoms with E-state index in [-0.39, 0.29) is 11.5 Å². The molecule has 0 saturated carbocycles. The van der Waals surface area contributed by atoms with Crippen LogP contribution in [-0.4, -0.2) is 34.1 Å². The molecule has 2 aromatic rings. The van der Waals surface area contributed by atoms with Gasteiger partial charge in [0, 0.05) is 35.7 Å². The second kappa shape index (κ2) is 7.34. The maximum atomic E-state index is 12.4. The first-order chi connectivity index (χ1) is 11.8. The Hall–Kier alpha value is -1.59. The lowest BCUT2D eigenvalue weighted by Crippen LogP contribution is -2.23. The number of furan rings is 1. The quantitative estimate of drug-likeness (QED) is 0.462. The summed E-state index contributed by atoms with van der Waals surface area (Å²) in [5.41, 5.74) is 0.614. The number of carboxylic acid groups (broad SMARTS) is 1. The maximum Gasteiger partial charge on any atom is 0.335 e. The highest BCUT2D eigenvalue weighted by atomic mass is 127. The van der Waals surface area contributed by atoms with Crippen LogP contribution in [0.1, 0.15) is 16.1 Å². The minimum atomic E-state index is -1.02. The van der Waals surface area contributed by atoms with E-state index in [2.05, 4.69) is 43.5 Å². The van der Waals surface area contributed by atoms with Gasteiger partial charge in [0.25, 0.3) is 5.91 Å². The second-order valence-corrected chi connectivity index (χ2v) is 7.84. The number of nitrogens with zero attached hydrogens (tertiary/aromatic N) is 2. The van der Waals surface area contributed by atoms with Crippen molar-refractivity contribution in [2.75, 3.05) is 7.05 Å². The zero-order valence-corrected chi connectivity index (χ0v) is 17.3. The Bertz CT molecular complexity index is 918. The van der Waals surface area contributed by atoms with Crippen LogP contribution in [0.2, 0.25) is 0 Å². The number of carboxylic acids is 1. The summed E-state index contributed by atoms with van der Waals surface area (Å²) in [6.45, 7) is 0. The van der Waals surface area contributed by atoms with Crippen LogP contribution in [0, 0.1) is 3.77 Å². The van der Waals surface area contributed by atoms with Gasteiger partial charge in [-0.1, -0.05) is 6.07 Å². The molecule has 1 aromatic carbocycles. The van der Waals surface area contributed by atoms with Gasteiger partial charge in [0.2, 0.25) is 0 Å². The number of benzene rings is 1. The third-order valence-corrected chi connectivity index (χ3v) is 6.45. The monoisotopic (exact) mass is 532 g/mol. The Balaban J connectivity index is 1.90. The molecule has 0 spiro atoms. The van der Waals surface area contributed by atoms with Crippen molar-refractivity contribution in [3.05, 3.63) is 54.8 Å². The summed E-state index contributed by atoms with van der Waals surface area (Å²) in [4.78, 5) is 29.7. The number of aliphatic imine (C=N–C) groups is 1. The van der Waals surface area contributed by atoms with Gasteiger partial charge in [0.05, 0.1) is 20.6 Å². The average Bonchev–Trinajstić information content (AvgIpc) is 3.02. The van der Waals surface area contributed by atoms with E-state index in [9.17, 15) is 9.59 Å². The van der Waals surface area contributed by atoms with Crippen molar-refractivity contribution in [2.45, 2.75) is 0 Å². The lowest BCUT2D eigenvalue weighted by atomic mass is 10.2. The molecule has 0 radical (unpaired) electrons. The molecule has 1 amide bonds. The number of amides is 1. The Morgan fingerprint density at radius 1 is 1.44 bits per heavy atom. The standard InChI is InChI=1S/C16H10BrIN2O4S/c1-20-14(21)12(7-10-6-11(17)13(18)24-10)25-16(20)19-9-4-2-3-8(5-9)15(22)23/h2-7H,1H3,(H,22,23)/b12-7-,19-16?. The van der Waals surface area contributed by atoms with E-state index in [1.165, 1.54) is 28.8 Å². The maximum absolute atomic E-state index is 12.4. The van der Waals surface area contributed by atoms with Crippen LogP contribution in [0.25, 0.3) is 6.08 Å². The van der Waals surface area contributed by atoms with E-state index in [0.29, 0.717) is 25.3 Å². The predicted octanol–water partition coefficient (Wildman–Crippen LogP) is 4.58. The van der Waals surface area contributed by atoms with Crippen molar-refractivity contribution in [1.29, 1.82) is 0 Å². The van der Waals surface area contributed by atoms with E-state index < -0.39 is 5.97 Å². The summed E-state index contributed by atoms with van der Waals surface area (Å²) in [5, 5.41) is 9.52. The summed E-state index contributed by atoms with van der Waals surface area (Å²) in [6, 6.07) is 8.04. The van der Waals surface area contributed by atoms with Gasteiger partial charge in [-0.25, -0.2) is 9.79 Å². The number of rotatable bonds is 3. The number of amidine groups is 1. The van der Waals surface area contributed by atoms with Crippen molar-refractivity contribution in [2.24, 2.45) is 4.99 Å². The Labute approximate surface area is 169 Å². The Morgan fingerprint density at radius 3 is 2.84 bits per heavy atom. The molecule has 1 aliphatic rings. The number of thioether (sulfide) groups is 1. The van der Waals surface area contributed by atoms with E-state index in [1.54, 1.807) is 31.3 Å². The molecular weight excluding hydrogens is 523 g/mol. The summed E-state index contributed by atoms with van der Waals surface area (Å²) < 4.78 is 7.05. The minimum Gasteiger partial charge on any atom is -0.478 e. The van der Waals surface area contributed by atoms with Crippen molar-refractivity contribution in [1.82, 2.24) is 4.90 Å². The van der Waals surface area contributed by atoms with Crippen LogP contribution < -0.4 is 0 Å². The van der Waals surface area contributed by atoms with Gasteiger partial charge in [-0.2, -0.15) is 0 Å². The first-order valence-electron chi connectivity index (χ1n) is 6.89. The Morgan fingerprint density at radius 2 is 2.20 bits per heavy atom. The molecule has 0 unspecified atom stereocenters. The summed E-state index contributed by atoms with van der Waals surface area (Å²) in [6.07, 6.45) is 1.66. The highest BCUT2D eigenvalue weighted by Gasteiger charge is 2.30. The molecule has 3 rings (SSSR count). The topological polar surface area (TPSA) is 83.1 Å². The van der Waals surface area contributed by atoms with Crippen molar-refractivity contribution < 1.29 is 19.1 Å². The summed E-state index contributed by atoms with van der Waals surface area (Å²) in [5.74, 6) is -0.653. The molecule has 0 aliphatic carbocycles. The number of hydrogen-bond acceptors (Lipinski definition) is 5. The number of halogens is 2. The Kier molecular flexibility index (Phi) is 5.35. The molecule has 2 heterocycles. The van der Waals surface area contributed by atoms with Crippen molar-refractivity contribution in [3.63, 3.8) is 0 Å². The molecule has 9 heteroatoms. The van der Waals surface area contributed by atoms with Gasteiger partial charge in [-0.05, 0) is 52.0 Å². The highest BCUT2D eigenvalue weighted by Crippen LogP contribution is 2.34. The number of carbonyl (C=O) groups is 2. The van der Waals surface area contributed by atoms with Crippen LogP contribution in [0.3, 0.4) is 0 Å². The molecule has 25 heavy (non-hydrogen) atoms. The molecule has 1 aliphatic heterocycles. The molecule has 1 fully saturated rings. The van der Waals surface area contributed by atoms with Gasteiger partial charge >= 0.3 is 5.97 Å². The smallest absolute Gasteiger partial charge is 0.335 e. The predicted molar refractivity (Wildman–Crippen MR) is 108 cm³/mol. The summed E-state index contributed by atoms with van der Waals surface area (Å²) >= 11 is 6.62. The van der Waals surface area contributed by atoms with Crippen LogP contribution in [-0.2, 0) is 4.79 Å².